The van der Waals surface area contributed by atoms with Crippen molar-refractivity contribution in [1.82, 2.24) is 0 Å². The first kappa shape index (κ1) is 4.78. The van der Waals surface area contributed by atoms with Gasteiger partial charge in [0.05, 0.1) is 6.67 Å². The molecule has 2 aliphatic rings. The first-order chi connectivity index (χ1) is 3.93. The molecular weight excluding hydrogens is 103 g/mol. The van der Waals surface area contributed by atoms with Crippen LogP contribution in [0.4, 0.5) is 4.39 Å². The zero-order valence-electron chi connectivity index (χ0n) is 4.94. The Bertz CT molecular complexity index is 83.8. The van der Waals surface area contributed by atoms with Gasteiger partial charge in [0.25, 0.3) is 0 Å². The molecule has 0 spiro atoms. The summed E-state index contributed by atoms with van der Waals surface area (Å²) in [5.74, 6) is 2.14. The standard InChI is InChI=1S/C7H11F/c8-4-7-5-2-1-3-6(5)7/h5-7H,1-4H2. The highest BCUT2D eigenvalue weighted by molar-refractivity contribution is 5.00. The van der Waals surface area contributed by atoms with Crippen LogP contribution in [0.1, 0.15) is 19.3 Å². The van der Waals surface area contributed by atoms with E-state index in [1.165, 1.54) is 19.3 Å². The molecule has 0 heterocycles. The minimum Gasteiger partial charge on any atom is -0.251 e. The summed E-state index contributed by atoms with van der Waals surface area (Å²) >= 11 is 0. The highest BCUT2D eigenvalue weighted by Crippen LogP contribution is 2.57. The van der Waals surface area contributed by atoms with E-state index in [0.29, 0.717) is 5.92 Å². The van der Waals surface area contributed by atoms with Crippen LogP contribution >= 0.6 is 0 Å². The Kier molecular flexibility index (Phi) is 0.870. The maximum atomic E-state index is 11.9. The van der Waals surface area contributed by atoms with Crippen LogP contribution in [0, 0.1) is 17.8 Å². The second-order valence-corrected chi connectivity index (χ2v) is 3.08. The van der Waals surface area contributed by atoms with Gasteiger partial charge in [0.1, 0.15) is 0 Å². The van der Waals surface area contributed by atoms with Crippen LogP contribution < -0.4 is 0 Å². The summed E-state index contributed by atoms with van der Waals surface area (Å²) in [4.78, 5) is 0. The van der Waals surface area contributed by atoms with E-state index in [1.807, 2.05) is 0 Å². The van der Waals surface area contributed by atoms with Crippen LogP contribution in [-0.2, 0) is 0 Å². The van der Waals surface area contributed by atoms with E-state index in [-0.39, 0.29) is 6.67 Å². The Labute approximate surface area is 49.1 Å². The SMILES string of the molecule is FCC1C2CCCC12. The molecule has 2 rings (SSSR count). The van der Waals surface area contributed by atoms with Gasteiger partial charge in [-0.25, -0.2) is 0 Å². The second-order valence-electron chi connectivity index (χ2n) is 3.08. The van der Waals surface area contributed by atoms with Crippen LogP contribution in [0.2, 0.25) is 0 Å². The van der Waals surface area contributed by atoms with Crippen molar-refractivity contribution in [3.63, 3.8) is 0 Å². The molecule has 46 valence electrons. The average Bonchev–Trinajstić information content (AvgIpc) is 2.22. The summed E-state index contributed by atoms with van der Waals surface area (Å²) in [5.41, 5.74) is 0. The zero-order valence-corrected chi connectivity index (χ0v) is 4.94. The fourth-order valence-electron chi connectivity index (χ4n) is 2.20. The fraction of sp³-hybridized carbons (Fsp3) is 1.00. The van der Waals surface area contributed by atoms with Crippen LogP contribution in [-0.4, -0.2) is 6.67 Å². The molecule has 0 N–H and O–H groups in total. The summed E-state index contributed by atoms with van der Waals surface area (Å²) in [5, 5.41) is 0. The lowest BCUT2D eigenvalue weighted by molar-refractivity contribution is 0.409. The smallest absolute Gasteiger partial charge is 0.0928 e. The quantitative estimate of drug-likeness (QED) is 0.489. The van der Waals surface area contributed by atoms with Crippen molar-refractivity contribution in [2.75, 3.05) is 6.67 Å². The van der Waals surface area contributed by atoms with E-state index in [0.717, 1.165) is 11.8 Å². The Morgan fingerprint density at radius 3 is 2.25 bits per heavy atom. The van der Waals surface area contributed by atoms with Crippen molar-refractivity contribution in [1.29, 1.82) is 0 Å². The molecule has 0 aromatic rings. The predicted octanol–water partition coefficient (Wildman–Crippen LogP) is 2.00. The largest absolute Gasteiger partial charge is 0.251 e. The Morgan fingerprint density at radius 2 is 1.88 bits per heavy atom. The molecule has 0 radical (unpaired) electrons. The lowest BCUT2D eigenvalue weighted by atomic mass is 10.2. The molecule has 0 bridgehead atoms. The molecule has 2 saturated carbocycles. The highest BCUT2D eigenvalue weighted by atomic mass is 19.1. The van der Waals surface area contributed by atoms with Gasteiger partial charge in [-0.15, -0.1) is 0 Å². The number of alkyl halides is 1. The van der Waals surface area contributed by atoms with Crippen molar-refractivity contribution >= 4 is 0 Å². The molecule has 2 unspecified atom stereocenters. The molecule has 0 amide bonds. The molecule has 0 aromatic carbocycles. The second kappa shape index (κ2) is 1.46. The molecule has 2 atom stereocenters. The van der Waals surface area contributed by atoms with E-state index in [2.05, 4.69) is 0 Å². The minimum absolute atomic E-state index is 0.0463. The Balaban J connectivity index is 1.94. The van der Waals surface area contributed by atoms with Crippen LogP contribution in [0.15, 0.2) is 0 Å². The zero-order chi connectivity index (χ0) is 5.56. The fourth-order valence-corrected chi connectivity index (χ4v) is 2.20. The highest BCUT2D eigenvalue weighted by Gasteiger charge is 2.52. The monoisotopic (exact) mass is 114 g/mol. The van der Waals surface area contributed by atoms with Gasteiger partial charge in [0.15, 0.2) is 0 Å². The van der Waals surface area contributed by atoms with Gasteiger partial charge in [-0.2, -0.15) is 0 Å². The number of rotatable bonds is 1. The van der Waals surface area contributed by atoms with Gasteiger partial charge in [0, 0.05) is 0 Å². The molecule has 2 aliphatic carbocycles. The van der Waals surface area contributed by atoms with Gasteiger partial charge in [-0.3, -0.25) is 4.39 Å². The molecule has 0 nitrogen and oxygen atoms in total. The minimum atomic E-state index is -0.0463. The molecule has 0 aliphatic heterocycles. The summed E-state index contributed by atoms with van der Waals surface area (Å²) in [7, 11) is 0. The summed E-state index contributed by atoms with van der Waals surface area (Å²) < 4.78 is 11.9. The Hall–Kier alpha value is -0.0700. The van der Waals surface area contributed by atoms with Crippen molar-refractivity contribution in [3.05, 3.63) is 0 Å². The summed E-state index contributed by atoms with van der Waals surface area (Å²) in [6, 6.07) is 0. The molecular formula is C7H11F. The van der Waals surface area contributed by atoms with E-state index in [1.54, 1.807) is 0 Å². The number of hydrogen-bond donors (Lipinski definition) is 0. The number of hydrogen-bond acceptors (Lipinski definition) is 0. The van der Waals surface area contributed by atoms with Crippen LogP contribution in [0.3, 0.4) is 0 Å². The lowest BCUT2D eigenvalue weighted by Gasteiger charge is -1.92. The molecule has 8 heavy (non-hydrogen) atoms. The third-order valence-corrected chi connectivity index (χ3v) is 2.76. The van der Waals surface area contributed by atoms with Gasteiger partial charge in [0.2, 0.25) is 0 Å². The number of halogens is 1. The molecule has 1 heteroatoms. The topological polar surface area (TPSA) is 0 Å². The van der Waals surface area contributed by atoms with Crippen molar-refractivity contribution in [2.45, 2.75) is 19.3 Å². The average molecular weight is 114 g/mol. The third kappa shape index (κ3) is 0.448. The van der Waals surface area contributed by atoms with Crippen LogP contribution in [0.25, 0.3) is 0 Å². The van der Waals surface area contributed by atoms with E-state index in [4.69, 9.17) is 0 Å². The first-order valence-electron chi connectivity index (χ1n) is 3.49. The lowest BCUT2D eigenvalue weighted by Crippen LogP contribution is -1.87. The molecule has 0 saturated heterocycles. The van der Waals surface area contributed by atoms with E-state index < -0.39 is 0 Å². The maximum absolute atomic E-state index is 11.9. The predicted molar refractivity (Wildman–Crippen MR) is 30.3 cm³/mol. The molecule has 2 fully saturated rings. The number of fused-ring (bicyclic) bond motifs is 1. The van der Waals surface area contributed by atoms with E-state index >= 15 is 0 Å². The van der Waals surface area contributed by atoms with Crippen molar-refractivity contribution in [3.8, 4) is 0 Å². The summed E-state index contributed by atoms with van der Waals surface area (Å²) in [6.07, 6.45) is 4.00. The normalized spacial score (nSPS) is 51.4. The van der Waals surface area contributed by atoms with Gasteiger partial charge in [-0.05, 0) is 30.6 Å². The maximum Gasteiger partial charge on any atom is 0.0928 e. The first-order valence-corrected chi connectivity index (χ1v) is 3.49. The van der Waals surface area contributed by atoms with E-state index in [9.17, 15) is 4.39 Å². The van der Waals surface area contributed by atoms with Crippen LogP contribution in [0.5, 0.6) is 0 Å². The van der Waals surface area contributed by atoms with Gasteiger partial charge < -0.3 is 0 Å². The van der Waals surface area contributed by atoms with Gasteiger partial charge in [-0.1, -0.05) is 6.42 Å². The molecule has 0 aromatic heterocycles. The Morgan fingerprint density at radius 1 is 1.25 bits per heavy atom. The summed E-state index contributed by atoms with van der Waals surface area (Å²) in [6.45, 7) is -0.0463. The van der Waals surface area contributed by atoms with Gasteiger partial charge >= 0.3 is 0 Å². The van der Waals surface area contributed by atoms with Crippen molar-refractivity contribution in [2.24, 2.45) is 17.8 Å². The van der Waals surface area contributed by atoms with Crippen molar-refractivity contribution < 1.29 is 4.39 Å². The third-order valence-electron chi connectivity index (χ3n) is 2.76.